The molecule has 0 aromatic heterocycles. The summed E-state index contributed by atoms with van der Waals surface area (Å²) in [5.74, 6) is -2.58. The number of amidine groups is 1. The molecule has 2 heterocycles. The van der Waals surface area contributed by atoms with Crippen LogP contribution in [0.4, 0.5) is 0 Å². The third-order valence-electron chi connectivity index (χ3n) is 6.20. The summed E-state index contributed by atoms with van der Waals surface area (Å²) in [5.41, 5.74) is 6.66. The summed E-state index contributed by atoms with van der Waals surface area (Å²) in [4.78, 5) is 53.6. The Balaban J connectivity index is 1.63. The van der Waals surface area contributed by atoms with Gasteiger partial charge in [0.2, 0.25) is 6.79 Å². The molecule has 2 aliphatic heterocycles. The largest absolute Gasteiger partial charge is 0.481 e. The number of hydrogen-bond acceptors (Lipinski definition) is 7. The summed E-state index contributed by atoms with van der Waals surface area (Å²) in [7, 11) is 0. The molecule has 3 amide bonds. The van der Waals surface area contributed by atoms with Crippen molar-refractivity contribution in [2.45, 2.75) is 32.0 Å². The van der Waals surface area contributed by atoms with Gasteiger partial charge in [-0.2, -0.15) is 0 Å². The predicted octanol–water partition coefficient (Wildman–Crippen LogP) is 1.05. The van der Waals surface area contributed by atoms with Crippen molar-refractivity contribution in [2.24, 2.45) is 5.73 Å². The van der Waals surface area contributed by atoms with Crippen molar-refractivity contribution in [1.29, 1.82) is 5.41 Å². The van der Waals surface area contributed by atoms with E-state index in [0.29, 0.717) is 29.0 Å². The van der Waals surface area contributed by atoms with E-state index in [1.54, 1.807) is 18.2 Å². The van der Waals surface area contributed by atoms with Crippen molar-refractivity contribution in [2.75, 3.05) is 19.9 Å². The fraction of sp³-hybridized carbons (Fsp3) is 0.320. The fourth-order valence-corrected chi connectivity index (χ4v) is 4.38. The lowest BCUT2D eigenvalue weighted by Crippen LogP contribution is -2.65. The van der Waals surface area contributed by atoms with Crippen LogP contribution in [0.3, 0.4) is 0 Å². The molecule has 1 saturated heterocycles. The van der Waals surface area contributed by atoms with Crippen molar-refractivity contribution in [1.82, 2.24) is 15.1 Å². The van der Waals surface area contributed by atoms with E-state index in [2.05, 4.69) is 5.32 Å². The smallest absolute Gasteiger partial charge is 0.313 e. The first kappa shape index (κ1) is 25.5. The highest BCUT2D eigenvalue weighted by atomic mass is 16.7. The number of hydrogen-bond donors (Lipinski definition) is 4. The number of piperazine rings is 1. The van der Waals surface area contributed by atoms with Crippen molar-refractivity contribution >= 4 is 29.5 Å². The van der Waals surface area contributed by atoms with Crippen molar-refractivity contribution in [3.8, 4) is 11.5 Å². The molecule has 2 aliphatic rings. The van der Waals surface area contributed by atoms with Gasteiger partial charge in [0.1, 0.15) is 12.0 Å². The number of carbonyl (C=O) groups excluding carboxylic acids is 3. The summed E-state index contributed by atoms with van der Waals surface area (Å²) in [5, 5.41) is 19.9. The Kier molecular flexibility index (Phi) is 7.27. The Hall–Kier alpha value is -4.61. The molecule has 0 aliphatic carbocycles. The zero-order valence-corrected chi connectivity index (χ0v) is 20.1. The monoisotopic (exact) mass is 509 g/mol. The number of fused-ring (bicyclic) bond motifs is 1. The van der Waals surface area contributed by atoms with Gasteiger partial charge in [0.05, 0.1) is 19.0 Å². The maximum absolute atomic E-state index is 13.2. The van der Waals surface area contributed by atoms with Crippen LogP contribution in [0, 0.1) is 5.41 Å². The second-order valence-electron chi connectivity index (χ2n) is 8.66. The Morgan fingerprint density at radius 3 is 2.43 bits per heavy atom. The number of nitrogen functional groups attached to an aromatic ring is 1. The Labute approximate surface area is 212 Å². The number of aliphatic carboxylic acids is 1. The average Bonchev–Trinajstić information content (AvgIpc) is 3.35. The van der Waals surface area contributed by atoms with Gasteiger partial charge in [-0.15, -0.1) is 0 Å². The van der Waals surface area contributed by atoms with Crippen LogP contribution in [-0.2, 0) is 14.4 Å². The van der Waals surface area contributed by atoms with Crippen LogP contribution in [0.15, 0.2) is 42.5 Å². The van der Waals surface area contributed by atoms with Crippen LogP contribution in [0.2, 0.25) is 0 Å². The van der Waals surface area contributed by atoms with Gasteiger partial charge in [-0.05, 0) is 36.2 Å². The van der Waals surface area contributed by atoms with Crippen LogP contribution in [0.1, 0.15) is 47.3 Å². The summed E-state index contributed by atoms with van der Waals surface area (Å²) in [6.07, 6.45) is -0.811. The number of nitrogens with one attached hydrogen (secondary N) is 2. The lowest BCUT2D eigenvalue weighted by Gasteiger charge is -2.43. The zero-order valence-electron chi connectivity index (χ0n) is 20.1. The number of amides is 3. The van der Waals surface area contributed by atoms with Crippen LogP contribution in [0.5, 0.6) is 11.5 Å². The molecule has 37 heavy (non-hydrogen) atoms. The SMILES string of the molecule is CCCN1C(=O)C(=O)N(C(CC(=O)O)c2ccc3c(c2)OCO3)CC1NC(=O)c1ccc(C(=N)N)cc1. The Bertz CT molecular complexity index is 1250. The number of rotatable bonds is 9. The quantitative estimate of drug-likeness (QED) is 0.220. The minimum absolute atomic E-state index is 0.0248. The first-order valence-corrected chi connectivity index (χ1v) is 11.7. The molecule has 0 radical (unpaired) electrons. The molecule has 12 heteroatoms. The van der Waals surface area contributed by atoms with E-state index < -0.39 is 42.3 Å². The van der Waals surface area contributed by atoms with Gasteiger partial charge in [-0.25, -0.2) is 0 Å². The molecule has 1 fully saturated rings. The van der Waals surface area contributed by atoms with Crippen molar-refractivity contribution in [3.05, 3.63) is 59.2 Å². The van der Waals surface area contributed by atoms with E-state index in [0.717, 1.165) is 0 Å². The summed E-state index contributed by atoms with van der Waals surface area (Å²) >= 11 is 0. The third-order valence-corrected chi connectivity index (χ3v) is 6.20. The molecule has 2 aromatic carbocycles. The topological polar surface area (TPSA) is 175 Å². The standard InChI is InChI=1S/C25H27N5O7/c1-2-9-29-20(28-23(33)15-5-3-14(4-6-15)22(26)27)12-30(25(35)24(29)34)17(11-21(31)32)16-7-8-18-19(10-16)37-13-36-18/h3-8,10,17,20H,2,9,11-13H2,1H3,(H3,26,27)(H,28,33)(H,31,32). The van der Waals surface area contributed by atoms with E-state index in [-0.39, 0.29) is 31.3 Å². The number of ether oxygens (including phenoxy) is 2. The number of nitrogens with zero attached hydrogens (tertiary/aromatic N) is 2. The van der Waals surface area contributed by atoms with Crippen LogP contribution >= 0.6 is 0 Å². The van der Waals surface area contributed by atoms with E-state index in [9.17, 15) is 24.3 Å². The predicted molar refractivity (Wildman–Crippen MR) is 130 cm³/mol. The van der Waals surface area contributed by atoms with Crippen LogP contribution in [0.25, 0.3) is 0 Å². The molecule has 0 spiro atoms. The normalized spacial score (nSPS) is 17.5. The maximum atomic E-state index is 13.2. The Morgan fingerprint density at radius 2 is 1.78 bits per heavy atom. The molecule has 12 nitrogen and oxygen atoms in total. The van der Waals surface area contributed by atoms with E-state index in [4.69, 9.17) is 20.6 Å². The first-order chi connectivity index (χ1) is 17.7. The highest BCUT2D eigenvalue weighted by Gasteiger charge is 2.43. The lowest BCUT2D eigenvalue weighted by molar-refractivity contribution is -0.162. The van der Waals surface area contributed by atoms with E-state index >= 15 is 0 Å². The molecule has 194 valence electrons. The second kappa shape index (κ2) is 10.6. The number of nitrogens with two attached hydrogens (primary N) is 1. The fourth-order valence-electron chi connectivity index (χ4n) is 4.38. The molecule has 2 unspecified atom stereocenters. The minimum Gasteiger partial charge on any atom is -0.481 e. The summed E-state index contributed by atoms with van der Waals surface area (Å²) < 4.78 is 10.7. The van der Waals surface area contributed by atoms with E-state index in [1.807, 2.05) is 6.92 Å². The zero-order chi connectivity index (χ0) is 26.7. The Morgan fingerprint density at radius 1 is 1.11 bits per heavy atom. The van der Waals surface area contributed by atoms with Gasteiger partial charge in [-0.3, -0.25) is 24.6 Å². The first-order valence-electron chi connectivity index (χ1n) is 11.7. The molecule has 4 rings (SSSR count). The molecular formula is C25H27N5O7. The highest BCUT2D eigenvalue weighted by Crippen LogP contribution is 2.37. The minimum atomic E-state index is -1.16. The van der Waals surface area contributed by atoms with Crippen molar-refractivity contribution in [3.63, 3.8) is 0 Å². The molecule has 0 bridgehead atoms. The van der Waals surface area contributed by atoms with E-state index in [1.165, 1.54) is 34.1 Å². The lowest BCUT2D eigenvalue weighted by atomic mass is 9.99. The van der Waals surface area contributed by atoms with Crippen LogP contribution < -0.4 is 20.5 Å². The van der Waals surface area contributed by atoms with Gasteiger partial charge in [0, 0.05) is 17.7 Å². The van der Waals surface area contributed by atoms with Gasteiger partial charge < -0.3 is 35.4 Å². The molecule has 2 atom stereocenters. The summed E-state index contributed by atoms with van der Waals surface area (Å²) in [6, 6.07) is 9.93. The highest BCUT2D eigenvalue weighted by molar-refractivity contribution is 6.35. The molecule has 0 saturated carbocycles. The van der Waals surface area contributed by atoms with Gasteiger partial charge >= 0.3 is 17.8 Å². The number of carbonyl (C=O) groups is 4. The average molecular weight is 510 g/mol. The molecular weight excluding hydrogens is 482 g/mol. The van der Waals surface area contributed by atoms with Crippen molar-refractivity contribution < 1.29 is 33.8 Å². The van der Waals surface area contributed by atoms with Crippen LogP contribution in [-0.4, -0.2) is 70.5 Å². The maximum Gasteiger partial charge on any atom is 0.313 e. The summed E-state index contributed by atoms with van der Waals surface area (Å²) in [6.45, 7) is 1.97. The molecule has 5 N–H and O–H groups in total. The number of benzene rings is 2. The van der Waals surface area contributed by atoms with Gasteiger partial charge in [-0.1, -0.05) is 25.1 Å². The third kappa shape index (κ3) is 5.32. The van der Waals surface area contributed by atoms with Gasteiger partial charge in [0.15, 0.2) is 11.5 Å². The number of carboxylic acids is 1. The molecule has 2 aromatic rings. The van der Waals surface area contributed by atoms with Gasteiger partial charge in [0.25, 0.3) is 5.91 Å². The second-order valence-corrected chi connectivity index (χ2v) is 8.66. The number of carboxylic acid groups (broad SMARTS) is 1.